The van der Waals surface area contributed by atoms with Crippen molar-refractivity contribution in [1.82, 2.24) is 0 Å². The quantitative estimate of drug-likeness (QED) is 0.231. The molecule has 0 saturated carbocycles. The van der Waals surface area contributed by atoms with Gasteiger partial charge in [0.15, 0.2) is 0 Å². The summed E-state index contributed by atoms with van der Waals surface area (Å²) >= 11 is 0. The number of rotatable bonds is 4. The first kappa shape index (κ1) is 28.7. The van der Waals surface area contributed by atoms with Gasteiger partial charge in [-0.2, -0.15) is 0 Å². The van der Waals surface area contributed by atoms with E-state index in [4.69, 9.17) is 0 Å². The lowest BCUT2D eigenvalue weighted by atomic mass is 9.89. The lowest BCUT2D eigenvalue weighted by molar-refractivity contribution is 1.38. The van der Waals surface area contributed by atoms with E-state index >= 15 is 0 Å². The molecule has 0 bridgehead atoms. The second-order valence-corrected chi connectivity index (χ2v) is 9.27. The smallest absolute Gasteiger partial charge is 0.0152 e. The van der Waals surface area contributed by atoms with E-state index in [2.05, 4.69) is 137 Å². The van der Waals surface area contributed by atoms with Crippen molar-refractivity contribution in [3.63, 3.8) is 0 Å². The maximum Gasteiger partial charge on any atom is -0.0152 e. The van der Waals surface area contributed by atoms with Crippen LogP contribution in [0.5, 0.6) is 0 Å². The summed E-state index contributed by atoms with van der Waals surface area (Å²) in [6.07, 6.45) is 0. The summed E-state index contributed by atoms with van der Waals surface area (Å²) in [6.45, 7) is 16.8. The summed E-state index contributed by atoms with van der Waals surface area (Å²) in [5.41, 5.74) is 15.5. The summed E-state index contributed by atoms with van der Waals surface area (Å²) in [5, 5.41) is 0. The minimum absolute atomic E-state index is 1.26. The molecule has 5 rings (SSSR count). The monoisotopic (exact) mass is 498 g/mol. The van der Waals surface area contributed by atoms with Crippen molar-refractivity contribution in [2.75, 3.05) is 0 Å². The molecule has 0 N–H and O–H groups in total. The van der Waals surface area contributed by atoms with Crippen LogP contribution in [0, 0.1) is 27.7 Å². The molecule has 0 atom stereocenters. The van der Waals surface area contributed by atoms with Gasteiger partial charge < -0.3 is 0 Å². The minimum atomic E-state index is 1.26. The van der Waals surface area contributed by atoms with Crippen molar-refractivity contribution in [1.29, 1.82) is 0 Å². The van der Waals surface area contributed by atoms with Gasteiger partial charge in [0.2, 0.25) is 0 Å². The average molecular weight is 499 g/mol. The van der Waals surface area contributed by atoms with Crippen LogP contribution in [0.2, 0.25) is 0 Å². The van der Waals surface area contributed by atoms with Crippen molar-refractivity contribution in [2.45, 2.75) is 55.4 Å². The molecule has 38 heavy (non-hydrogen) atoms. The van der Waals surface area contributed by atoms with E-state index in [9.17, 15) is 0 Å². The molecule has 0 amide bonds. The van der Waals surface area contributed by atoms with Crippen LogP contribution >= 0.6 is 0 Å². The fourth-order valence-electron chi connectivity index (χ4n) is 4.94. The maximum absolute atomic E-state index is 2.33. The summed E-state index contributed by atoms with van der Waals surface area (Å²) in [4.78, 5) is 0. The Morgan fingerprint density at radius 2 is 0.500 bits per heavy atom. The van der Waals surface area contributed by atoms with Gasteiger partial charge in [-0.1, -0.05) is 137 Å². The fourth-order valence-corrected chi connectivity index (χ4v) is 4.94. The van der Waals surface area contributed by atoms with E-state index in [1.165, 1.54) is 66.8 Å². The van der Waals surface area contributed by atoms with E-state index < -0.39 is 0 Å². The molecule has 0 heterocycles. The third-order valence-electron chi connectivity index (χ3n) is 6.82. The van der Waals surface area contributed by atoms with Gasteiger partial charge >= 0.3 is 0 Å². The average Bonchev–Trinajstić information content (AvgIpc) is 2.98. The number of aryl methyl sites for hydroxylation is 4. The second-order valence-electron chi connectivity index (χ2n) is 9.27. The zero-order valence-corrected chi connectivity index (χ0v) is 24.4. The van der Waals surface area contributed by atoms with Crippen LogP contribution in [0.4, 0.5) is 0 Å². The predicted molar refractivity (Wildman–Crippen MR) is 170 cm³/mol. The molecule has 5 aromatic carbocycles. The standard InChI is InChI=1S/C34H30.2C2H6/c1-23-21-33(25(3)19-31(23)27-11-7-5-8-12-27)29-15-17-30(18-16-29)34-22-24(2)32(20-26(34)4)28-13-9-6-10-14-28;2*1-2/h5-22H,1-4H3;2*1-2H3. The normalized spacial score (nSPS) is 10.1. The lowest BCUT2D eigenvalue weighted by Gasteiger charge is -2.15. The van der Waals surface area contributed by atoms with Crippen LogP contribution in [0.1, 0.15) is 49.9 Å². The highest BCUT2D eigenvalue weighted by Gasteiger charge is 2.11. The zero-order valence-electron chi connectivity index (χ0n) is 24.4. The molecule has 0 unspecified atom stereocenters. The van der Waals surface area contributed by atoms with Gasteiger partial charge in [0, 0.05) is 0 Å². The van der Waals surface area contributed by atoms with Gasteiger partial charge in [-0.05, 0) is 94.5 Å². The zero-order chi connectivity index (χ0) is 27.7. The Morgan fingerprint density at radius 1 is 0.289 bits per heavy atom. The van der Waals surface area contributed by atoms with Crippen molar-refractivity contribution < 1.29 is 0 Å². The van der Waals surface area contributed by atoms with Crippen LogP contribution in [0.25, 0.3) is 44.5 Å². The molecule has 0 fully saturated rings. The number of benzene rings is 5. The first-order chi connectivity index (χ1) is 18.5. The highest BCUT2D eigenvalue weighted by atomic mass is 14.2. The summed E-state index contributed by atoms with van der Waals surface area (Å²) in [5.74, 6) is 0. The van der Waals surface area contributed by atoms with Crippen LogP contribution in [0.3, 0.4) is 0 Å². The van der Waals surface area contributed by atoms with E-state index in [-0.39, 0.29) is 0 Å². The molecule has 5 aromatic rings. The molecule has 0 radical (unpaired) electrons. The third kappa shape index (κ3) is 6.32. The Bertz CT molecular complexity index is 1330. The molecule has 0 aliphatic carbocycles. The van der Waals surface area contributed by atoms with E-state index in [1.54, 1.807) is 0 Å². The van der Waals surface area contributed by atoms with Gasteiger partial charge in [-0.15, -0.1) is 0 Å². The van der Waals surface area contributed by atoms with Crippen LogP contribution in [-0.2, 0) is 0 Å². The Hall–Kier alpha value is -3.90. The molecule has 0 saturated heterocycles. The predicted octanol–water partition coefficient (Wildman–Crippen LogP) is 11.6. The Kier molecular flexibility index (Phi) is 10.3. The van der Waals surface area contributed by atoms with Gasteiger partial charge in [0.1, 0.15) is 0 Å². The van der Waals surface area contributed by atoms with Crippen LogP contribution in [-0.4, -0.2) is 0 Å². The van der Waals surface area contributed by atoms with Crippen molar-refractivity contribution in [3.05, 3.63) is 131 Å². The molecule has 0 spiro atoms. The van der Waals surface area contributed by atoms with E-state index in [1.807, 2.05) is 27.7 Å². The first-order valence-electron chi connectivity index (χ1n) is 14.0. The SMILES string of the molecule is CC.CC.Cc1cc(-c2ccc(-c3cc(C)c(-c4ccccc4)cc3C)cc2)c(C)cc1-c1ccccc1. The van der Waals surface area contributed by atoms with Crippen LogP contribution in [0.15, 0.2) is 109 Å². The lowest BCUT2D eigenvalue weighted by Crippen LogP contribution is -1.92. The van der Waals surface area contributed by atoms with Crippen molar-refractivity contribution in [2.24, 2.45) is 0 Å². The highest BCUT2D eigenvalue weighted by Crippen LogP contribution is 2.35. The molecule has 0 aliphatic rings. The topological polar surface area (TPSA) is 0 Å². The van der Waals surface area contributed by atoms with Crippen molar-refractivity contribution >= 4 is 0 Å². The van der Waals surface area contributed by atoms with Gasteiger partial charge in [0.05, 0.1) is 0 Å². The van der Waals surface area contributed by atoms with Crippen LogP contribution < -0.4 is 0 Å². The summed E-state index contributed by atoms with van der Waals surface area (Å²) in [7, 11) is 0. The second kappa shape index (κ2) is 13.6. The first-order valence-corrected chi connectivity index (χ1v) is 14.0. The Morgan fingerprint density at radius 3 is 0.737 bits per heavy atom. The minimum Gasteiger partial charge on any atom is -0.0683 e. The fraction of sp³-hybridized carbons (Fsp3) is 0.211. The van der Waals surface area contributed by atoms with Gasteiger partial charge in [0.25, 0.3) is 0 Å². The molecular formula is C38H42. The summed E-state index contributed by atoms with van der Waals surface area (Å²) in [6, 6.07) is 39.7. The number of hydrogen-bond acceptors (Lipinski definition) is 0. The van der Waals surface area contributed by atoms with E-state index in [0.29, 0.717) is 0 Å². The Balaban J connectivity index is 0.000000956. The molecule has 0 heteroatoms. The van der Waals surface area contributed by atoms with Gasteiger partial charge in [-0.3, -0.25) is 0 Å². The van der Waals surface area contributed by atoms with Crippen molar-refractivity contribution in [3.8, 4) is 44.5 Å². The molecule has 194 valence electrons. The van der Waals surface area contributed by atoms with Gasteiger partial charge in [-0.25, -0.2) is 0 Å². The summed E-state index contributed by atoms with van der Waals surface area (Å²) < 4.78 is 0. The maximum atomic E-state index is 2.33. The largest absolute Gasteiger partial charge is 0.0683 e. The third-order valence-corrected chi connectivity index (χ3v) is 6.82. The number of hydrogen-bond donors (Lipinski definition) is 0. The molecule has 0 nitrogen and oxygen atoms in total. The van der Waals surface area contributed by atoms with E-state index in [0.717, 1.165) is 0 Å². The highest BCUT2D eigenvalue weighted by molar-refractivity contribution is 5.80. The molecular weight excluding hydrogens is 456 g/mol. The Labute approximate surface area is 231 Å². The molecule has 0 aliphatic heterocycles. The molecule has 0 aromatic heterocycles.